The van der Waals surface area contributed by atoms with Crippen molar-refractivity contribution in [1.29, 1.82) is 0 Å². The van der Waals surface area contributed by atoms with Gasteiger partial charge >= 0.3 is 0 Å². The molecule has 0 saturated carbocycles. The lowest BCUT2D eigenvalue weighted by Crippen LogP contribution is -2.37. The molecule has 0 bridgehead atoms. The van der Waals surface area contributed by atoms with Crippen LogP contribution in [0.3, 0.4) is 0 Å². The molecule has 0 aliphatic heterocycles. The number of allylic oxidation sites excluding steroid dienone is 1. The highest BCUT2D eigenvalue weighted by Gasteiger charge is 2.18. The van der Waals surface area contributed by atoms with Gasteiger partial charge in [-0.2, -0.15) is 0 Å². The Morgan fingerprint density at radius 2 is 1.41 bits per heavy atom. The van der Waals surface area contributed by atoms with Gasteiger partial charge in [-0.15, -0.1) is 11.3 Å². The Labute approximate surface area is 302 Å². The van der Waals surface area contributed by atoms with E-state index in [0.717, 1.165) is 23.5 Å². The van der Waals surface area contributed by atoms with Crippen molar-refractivity contribution in [2.75, 3.05) is 0 Å². The van der Waals surface area contributed by atoms with E-state index >= 15 is 0 Å². The van der Waals surface area contributed by atoms with Crippen LogP contribution in [-0.2, 0) is 19.5 Å². The minimum absolute atomic E-state index is 0.608. The lowest BCUT2D eigenvalue weighted by molar-refractivity contribution is 0.651. The minimum Gasteiger partial charge on any atom is -0.309 e. The topological polar surface area (TPSA) is 41.4 Å². The lowest BCUT2D eigenvalue weighted by atomic mass is 9.94. The smallest absolute Gasteiger partial charge is 0.143 e. The minimum atomic E-state index is 0.608. The monoisotopic (exact) mass is 678 g/mol. The number of hydrogen-bond donors (Lipinski definition) is 2. The number of para-hydroxylation sites is 1. The molecule has 1 aliphatic rings. The molecule has 2 aromatic heterocycles. The van der Waals surface area contributed by atoms with E-state index in [-0.39, 0.29) is 0 Å². The van der Waals surface area contributed by atoms with E-state index < -0.39 is 0 Å². The maximum atomic E-state index is 4.89. The van der Waals surface area contributed by atoms with Crippen LogP contribution in [0.4, 0.5) is 0 Å². The number of nitrogens with zero attached hydrogens (tertiary/aromatic N) is 2. The van der Waals surface area contributed by atoms with E-state index in [1.54, 1.807) is 0 Å². The summed E-state index contributed by atoms with van der Waals surface area (Å²) >= 11 is 1.95. The molecule has 4 nitrogen and oxygen atoms in total. The first-order valence-electron chi connectivity index (χ1n) is 17.7. The van der Waals surface area contributed by atoms with Crippen LogP contribution in [0.5, 0.6) is 0 Å². The summed E-state index contributed by atoms with van der Waals surface area (Å²) in [6.45, 7) is 3.56. The zero-order chi connectivity index (χ0) is 34.1. The molecule has 1 unspecified atom stereocenters. The molecule has 0 spiro atoms. The fraction of sp³-hybridized carbons (Fsp3) is 0.109. The maximum absolute atomic E-state index is 4.89. The maximum Gasteiger partial charge on any atom is 0.143 e. The summed E-state index contributed by atoms with van der Waals surface area (Å²) in [5.41, 5.74) is 17.7. The van der Waals surface area contributed by atoms with Gasteiger partial charge < -0.3 is 9.99 Å². The van der Waals surface area contributed by atoms with Crippen molar-refractivity contribution in [2.24, 2.45) is 10.9 Å². The highest BCUT2D eigenvalue weighted by molar-refractivity contribution is 7.19. The summed E-state index contributed by atoms with van der Waals surface area (Å²) in [5, 5.41) is 3.90. The van der Waals surface area contributed by atoms with Gasteiger partial charge in [0, 0.05) is 43.5 Å². The molecule has 248 valence electrons. The second-order valence-electron chi connectivity index (χ2n) is 13.4. The average molecular weight is 679 g/mol. The van der Waals surface area contributed by atoms with E-state index in [1.165, 1.54) is 64.6 Å². The van der Waals surface area contributed by atoms with Gasteiger partial charge in [0.1, 0.15) is 5.84 Å². The molecule has 5 heteroatoms. The van der Waals surface area contributed by atoms with Crippen LogP contribution in [0.15, 0.2) is 157 Å². The van der Waals surface area contributed by atoms with Crippen molar-refractivity contribution in [2.45, 2.75) is 26.4 Å². The third kappa shape index (κ3) is 6.16. The predicted octanol–water partition coefficient (Wildman–Crippen LogP) is 11.1. The number of hydrazine groups is 1. The summed E-state index contributed by atoms with van der Waals surface area (Å²) in [4.78, 5) is 6.41. The first-order chi connectivity index (χ1) is 25.2. The van der Waals surface area contributed by atoms with Gasteiger partial charge in [-0.25, -0.2) is 5.43 Å². The van der Waals surface area contributed by atoms with Crippen LogP contribution in [0.1, 0.15) is 34.1 Å². The van der Waals surface area contributed by atoms with Crippen molar-refractivity contribution in [3.63, 3.8) is 0 Å². The summed E-state index contributed by atoms with van der Waals surface area (Å²) in [7, 11) is 0. The Morgan fingerprint density at radius 3 is 2.24 bits per heavy atom. The number of benzene rings is 6. The van der Waals surface area contributed by atoms with E-state index in [9.17, 15) is 0 Å². The van der Waals surface area contributed by atoms with Gasteiger partial charge in [0.25, 0.3) is 0 Å². The highest BCUT2D eigenvalue weighted by atomic mass is 32.1. The molecule has 51 heavy (non-hydrogen) atoms. The van der Waals surface area contributed by atoms with Gasteiger partial charge in [0.2, 0.25) is 0 Å². The van der Waals surface area contributed by atoms with Crippen LogP contribution in [0.25, 0.3) is 54.8 Å². The fourth-order valence-corrected chi connectivity index (χ4v) is 8.59. The zero-order valence-corrected chi connectivity index (χ0v) is 29.3. The number of aliphatic imine (C=N–C) groups is 1. The molecule has 2 N–H and O–H groups in total. The summed E-state index contributed by atoms with van der Waals surface area (Å²) in [5.74, 6) is 1.43. The van der Waals surface area contributed by atoms with Crippen LogP contribution >= 0.6 is 11.3 Å². The summed E-state index contributed by atoms with van der Waals surface area (Å²) in [6, 6.07) is 52.1. The van der Waals surface area contributed by atoms with Gasteiger partial charge in [0.05, 0.1) is 17.6 Å². The SMILES string of the molecule is CC1C=Cc2c(sc3ccc(-c4ccc5c(c4)c4ccccc4n5-c4ccc(CNNC(=NCc5ccccc5)c5ccccc5)cc4)cc23)C1. The largest absolute Gasteiger partial charge is 0.309 e. The Morgan fingerprint density at radius 1 is 0.706 bits per heavy atom. The van der Waals surface area contributed by atoms with Crippen LogP contribution < -0.4 is 10.9 Å². The normalized spacial score (nSPS) is 14.4. The first-order valence-corrected chi connectivity index (χ1v) is 18.5. The fourth-order valence-electron chi connectivity index (χ4n) is 7.28. The van der Waals surface area contributed by atoms with Crippen molar-refractivity contribution in [1.82, 2.24) is 15.4 Å². The third-order valence-electron chi connectivity index (χ3n) is 9.91. The van der Waals surface area contributed by atoms with E-state index in [0.29, 0.717) is 19.0 Å². The standard InChI is InChI=1S/C46H38N4S/c1-31-16-23-39-41-28-36(20-25-44(41)51-45(39)26-31)35-19-24-43-40(27-35)38-14-8-9-15-42(38)50(43)37-21-17-33(18-22-37)30-48-49-46(34-12-6-3-7-13-34)47-29-32-10-4-2-5-11-32/h2-25,27-28,31,48H,26,29-30H2,1H3,(H,47,49). The van der Waals surface area contributed by atoms with Gasteiger partial charge in [-0.3, -0.25) is 4.99 Å². The number of rotatable bonds is 8. The molecule has 9 rings (SSSR count). The predicted molar refractivity (Wildman–Crippen MR) is 217 cm³/mol. The first kappa shape index (κ1) is 31.2. The molecule has 1 aliphatic carbocycles. The molecule has 0 radical (unpaired) electrons. The van der Waals surface area contributed by atoms with Gasteiger partial charge in [0.15, 0.2) is 0 Å². The summed E-state index contributed by atoms with van der Waals surface area (Å²) in [6.07, 6.45) is 5.83. The van der Waals surface area contributed by atoms with Crippen LogP contribution in [-0.4, -0.2) is 10.4 Å². The zero-order valence-electron chi connectivity index (χ0n) is 28.5. The van der Waals surface area contributed by atoms with Crippen molar-refractivity contribution in [3.8, 4) is 16.8 Å². The molecule has 8 aromatic rings. The number of amidine groups is 1. The third-order valence-corrected chi connectivity index (χ3v) is 11.1. The van der Waals surface area contributed by atoms with E-state index in [4.69, 9.17) is 4.99 Å². The van der Waals surface area contributed by atoms with Crippen LogP contribution in [0, 0.1) is 5.92 Å². The second kappa shape index (κ2) is 13.5. The van der Waals surface area contributed by atoms with Gasteiger partial charge in [-0.05, 0) is 82.6 Å². The highest BCUT2D eigenvalue weighted by Crippen LogP contribution is 2.40. The number of fused-ring (bicyclic) bond motifs is 6. The molecular weight excluding hydrogens is 641 g/mol. The lowest BCUT2D eigenvalue weighted by Gasteiger charge is -2.13. The van der Waals surface area contributed by atoms with E-state index in [2.05, 4.69) is 156 Å². The quantitative estimate of drug-likeness (QED) is 0.0954. The Hall–Kier alpha value is -5.75. The molecule has 0 saturated heterocycles. The van der Waals surface area contributed by atoms with Gasteiger partial charge in [-0.1, -0.05) is 122 Å². The molecule has 1 atom stereocenters. The number of thiophene rings is 1. The molecule has 2 heterocycles. The average Bonchev–Trinajstić information content (AvgIpc) is 3.71. The Bertz CT molecular complexity index is 2560. The molecule has 0 amide bonds. The van der Waals surface area contributed by atoms with Crippen molar-refractivity contribution in [3.05, 3.63) is 179 Å². The molecule has 0 fully saturated rings. The number of aromatic nitrogens is 1. The Kier molecular flexibility index (Phi) is 8.28. The number of nitrogens with one attached hydrogen (secondary N) is 2. The Balaban J connectivity index is 0.978. The van der Waals surface area contributed by atoms with Crippen molar-refractivity contribution >= 4 is 55.1 Å². The van der Waals surface area contributed by atoms with Crippen molar-refractivity contribution < 1.29 is 0 Å². The molecule has 6 aromatic carbocycles. The van der Waals surface area contributed by atoms with E-state index in [1.807, 2.05) is 35.6 Å². The van der Waals surface area contributed by atoms with Crippen LogP contribution in [0.2, 0.25) is 0 Å². The molecular formula is C46H38N4S. The second-order valence-corrected chi connectivity index (χ2v) is 14.6. The number of hydrogen-bond acceptors (Lipinski definition) is 3. The summed E-state index contributed by atoms with van der Waals surface area (Å²) < 4.78 is 3.76.